The fourth-order valence-corrected chi connectivity index (χ4v) is 2.19. The zero-order valence-electron chi connectivity index (χ0n) is 11.7. The summed E-state index contributed by atoms with van der Waals surface area (Å²) in [6.07, 6.45) is 3.14. The second-order valence-electron chi connectivity index (χ2n) is 5.19. The summed E-state index contributed by atoms with van der Waals surface area (Å²) < 4.78 is 5.60. The Hall–Kier alpha value is -2.28. The van der Waals surface area contributed by atoms with Crippen LogP contribution in [-0.4, -0.2) is 27.7 Å². The molecule has 1 aromatic heterocycles. The van der Waals surface area contributed by atoms with Gasteiger partial charge >= 0.3 is 0 Å². The molecule has 0 spiro atoms. The Bertz CT molecular complexity index is 664. The number of nitro benzene ring substituents is 1. The summed E-state index contributed by atoms with van der Waals surface area (Å²) in [4.78, 5) is 10.5. The van der Waals surface area contributed by atoms with Crippen molar-refractivity contribution in [2.75, 3.05) is 6.54 Å². The van der Waals surface area contributed by atoms with Crippen molar-refractivity contribution < 1.29 is 9.34 Å². The van der Waals surface area contributed by atoms with E-state index < -0.39 is 4.92 Å². The zero-order valence-corrected chi connectivity index (χ0v) is 11.7. The van der Waals surface area contributed by atoms with E-state index in [1.54, 1.807) is 19.1 Å². The van der Waals surface area contributed by atoms with Crippen LogP contribution in [0.2, 0.25) is 0 Å². The molecule has 0 amide bonds. The predicted molar refractivity (Wildman–Crippen MR) is 75.9 cm³/mol. The van der Waals surface area contributed by atoms with Gasteiger partial charge in [-0.05, 0) is 25.8 Å². The van der Waals surface area contributed by atoms with Crippen LogP contribution in [-0.2, 0) is 6.42 Å². The molecule has 0 radical (unpaired) electrons. The van der Waals surface area contributed by atoms with Gasteiger partial charge in [-0.1, -0.05) is 6.07 Å². The highest BCUT2D eigenvalue weighted by molar-refractivity contribution is 5.64. The molecule has 0 saturated heterocycles. The lowest BCUT2D eigenvalue weighted by Crippen LogP contribution is -2.19. The first-order valence-corrected chi connectivity index (χ1v) is 6.95. The molecule has 1 aliphatic rings. The van der Waals surface area contributed by atoms with Gasteiger partial charge in [0.05, 0.1) is 4.92 Å². The quantitative estimate of drug-likeness (QED) is 0.647. The highest BCUT2D eigenvalue weighted by atomic mass is 16.6. The Morgan fingerprint density at radius 3 is 2.95 bits per heavy atom. The maximum atomic E-state index is 11.0. The Morgan fingerprint density at radius 1 is 1.43 bits per heavy atom. The molecule has 3 rings (SSSR count). The summed E-state index contributed by atoms with van der Waals surface area (Å²) in [5.74, 6) is 0.877. The second kappa shape index (κ2) is 5.61. The van der Waals surface area contributed by atoms with Crippen LogP contribution >= 0.6 is 0 Å². The van der Waals surface area contributed by atoms with E-state index in [4.69, 9.17) is 4.42 Å². The third-order valence-corrected chi connectivity index (χ3v) is 3.55. The maximum absolute atomic E-state index is 11.0. The van der Waals surface area contributed by atoms with E-state index in [0.717, 1.165) is 6.54 Å². The van der Waals surface area contributed by atoms with Crippen LogP contribution in [0.4, 0.5) is 5.69 Å². The number of rotatable bonds is 6. The van der Waals surface area contributed by atoms with Gasteiger partial charge in [-0.3, -0.25) is 10.1 Å². The van der Waals surface area contributed by atoms with Crippen LogP contribution in [0.3, 0.4) is 0 Å². The van der Waals surface area contributed by atoms with Crippen molar-refractivity contribution in [1.29, 1.82) is 0 Å². The van der Waals surface area contributed by atoms with Gasteiger partial charge in [0, 0.05) is 36.2 Å². The van der Waals surface area contributed by atoms with Gasteiger partial charge in [0.15, 0.2) is 0 Å². The molecule has 1 aromatic carbocycles. The van der Waals surface area contributed by atoms with Crippen molar-refractivity contribution in [3.05, 3.63) is 39.8 Å². The Morgan fingerprint density at radius 2 is 2.24 bits per heavy atom. The fraction of sp³-hybridized carbons (Fsp3) is 0.429. The molecule has 0 bridgehead atoms. The van der Waals surface area contributed by atoms with Gasteiger partial charge in [-0.2, -0.15) is 0 Å². The topological polar surface area (TPSA) is 94.1 Å². The molecular weight excluding hydrogens is 272 g/mol. The van der Waals surface area contributed by atoms with Gasteiger partial charge in [0.25, 0.3) is 5.69 Å². The Kier molecular flexibility index (Phi) is 3.66. The number of benzene rings is 1. The van der Waals surface area contributed by atoms with Gasteiger partial charge < -0.3 is 9.73 Å². The van der Waals surface area contributed by atoms with Crippen LogP contribution in [0.5, 0.6) is 0 Å². The van der Waals surface area contributed by atoms with Crippen LogP contribution in [0.15, 0.2) is 22.6 Å². The van der Waals surface area contributed by atoms with E-state index in [0.29, 0.717) is 35.4 Å². The van der Waals surface area contributed by atoms with Crippen LogP contribution < -0.4 is 5.32 Å². The number of nitrogens with zero attached hydrogens (tertiary/aromatic N) is 3. The van der Waals surface area contributed by atoms with E-state index in [1.807, 2.05) is 0 Å². The molecular formula is C14H16N4O3. The number of aromatic nitrogens is 2. The number of nitro groups is 1. The van der Waals surface area contributed by atoms with Gasteiger partial charge in [0.2, 0.25) is 11.8 Å². The first kappa shape index (κ1) is 13.7. The maximum Gasteiger partial charge on any atom is 0.273 e. The minimum Gasteiger partial charge on any atom is -0.421 e. The summed E-state index contributed by atoms with van der Waals surface area (Å²) in [6.45, 7) is 2.49. The highest BCUT2D eigenvalue weighted by Crippen LogP contribution is 2.28. The Labute approximate surface area is 121 Å². The summed E-state index contributed by atoms with van der Waals surface area (Å²) in [5.41, 5.74) is 1.20. The SMILES string of the molecule is Cc1c(-c2nnc(CCNC3CC3)o2)cccc1[N+](=O)[O-]. The highest BCUT2D eigenvalue weighted by Gasteiger charge is 2.21. The van der Waals surface area contributed by atoms with Gasteiger partial charge in [0.1, 0.15) is 0 Å². The normalized spacial score (nSPS) is 14.3. The average molecular weight is 288 g/mol. The van der Waals surface area contributed by atoms with E-state index in [-0.39, 0.29) is 5.69 Å². The molecule has 1 heterocycles. The second-order valence-corrected chi connectivity index (χ2v) is 5.19. The molecule has 7 heteroatoms. The van der Waals surface area contributed by atoms with Crippen LogP contribution in [0, 0.1) is 17.0 Å². The molecule has 0 atom stereocenters. The van der Waals surface area contributed by atoms with Crippen molar-refractivity contribution in [2.45, 2.75) is 32.2 Å². The molecule has 0 unspecified atom stereocenters. The average Bonchev–Trinajstić information content (AvgIpc) is 3.16. The van der Waals surface area contributed by atoms with Crippen molar-refractivity contribution in [3.63, 3.8) is 0 Å². The number of hydrogen-bond acceptors (Lipinski definition) is 6. The largest absolute Gasteiger partial charge is 0.421 e. The summed E-state index contributed by atoms with van der Waals surface area (Å²) in [7, 11) is 0. The van der Waals surface area contributed by atoms with Gasteiger partial charge in [-0.25, -0.2) is 0 Å². The fourth-order valence-electron chi connectivity index (χ4n) is 2.19. The van der Waals surface area contributed by atoms with Crippen molar-refractivity contribution in [2.24, 2.45) is 0 Å². The predicted octanol–water partition coefficient (Wildman–Crippen LogP) is 2.25. The third-order valence-electron chi connectivity index (χ3n) is 3.55. The molecule has 21 heavy (non-hydrogen) atoms. The molecule has 110 valence electrons. The lowest BCUT2D eigenvalue weighted by atomic mass is 10.1. The van der Waals surface area contributed by atoms with E-state index in [9.17, 15) is 10.1 Å². The van der Waals surface area contributed by atoms with Crippen molar-refractivity contribution >= 4 is 5.69 Å². The molecule has 2 aromatic rings. The first-order chi connectivity index (χ1) is 10.1. The lowest BCUT2D eigenvalue weighted by molar-refractivity contribution is -0.385. The molecule has 1 saturated carbocycles. The Balaban J connectivity index is 1.75. The first-order valence-electron chi connectivity index (χ1n) is 6.95. The minimum atomic E-state index is -0.407. The van der Waals surface area contributed by atoms with Crippen molar-refractivity contribution in [3.8, 4) is 11.5 Å². The number of hydrogen-bond donors (Lipinski definition) is 1. The zero-order chi connectivity index (χ0) is 14.8. The molecule has 1 fully saturated rings. The van der Waals surface area contributed by atoms with Crippen LogP contribution in [0.25, 0.3) is 11.5 Å². The lowest BCUT2D eigenvalue weighted by Gasteiger charge is -2.01. The summed E-state index contributed by atoms with van der Waals surface area (Å²) >= 11 is 0. The summed E-state index contributed by atoms with van der Waals surface area (Å²) in [5, 5.41) is 22.3. The van der Waals surface area contributed by atoms with Gasteiger partial charge in [-0.15, -0.1) is 10.2 Å². The summed E-state index contributed by atoms with van der Waals surface area (Å²) in [6, 6.07) is 5.49. The van der Waals surface area contributed by atoms with E-state index in [1.165, 1.54) is 18.9 Å². The van der Waals surface area contributed by atoms with E-state index >= 15 is 0 Å². The third kappa shape index (κ3) is 3.08. The molecule has 1 aliphatic carbocycles. The number of nitrogens with one attached hydrogen (secondary N) is 1. The van der Waals surface area contributed by atoms with Crippen LogP contribution in [0.1, 0.15) is 24.3 Å². The smallest absolute Gasteiger partial charge is 0.273 e. The molecule has 7 nitrogen and oxygen atoms in total. The standard InChI is InChI=1S/C14H16N4O3/c1-9-11(3-2-4-12(9)18(19)20)14-17-16-13(21-14)7-8-15-10-5-6-10/h2-4,10,15H,5-8H2,1H3. The minimum absolute atomic E-state index is 0.0580. The molecule has 1 N–H and O–H groups in total. The van der Waals surface area contributed by atoms with E-state index in [2.05, 4.69) is 15.5 Å². The monoisotopic (exact) mass is 288 g/mol. The molecule has 0 aliphatic heterocycles. The van der Waals surface area contributed by atoms with Crippen molar-refractivity contribution in [1.82, 2.24) is 15.5 Å².